The Kier molecular flexibility index (Phi) is 3.66. The molecule has 3 rings (SSSR count). The van der Waals surface area contributed by atoms with Crippen LogP contribution in [0.4, 0.5) is 5.69 Å². The number of aryl methyl sites for hydroxylation is 1. The quantitative estimate of drug-likeness (QED) is 0.929. The molecule has 2 aliphatic heterocycles. The molecule has 1 atom stereocenters. The lowest BCUT2D eigenvalue weighted by atomic mass is 9.98. The Labute approximate surface area is 125 Å². The van der Waals surface area contributed by atoms with Crippen LogP contribution in [0.3, 0.4) is 0 Å². The molecular formula is C17H23NO3. The van der Waals surface area contributed by atoms with Crippen LogP contribution in [0.5, 0.6) is 0 Å². The van der Waals surface area contributed by atoms with Crippen molar-refractivity contribution in [3.63, 3.8) is 0 Å². The van der Waals surface area contributed by atoms with Gasteiger partial charge in [0.2, 0.25) is 0 Å². The minimum absolute atomic E-state index is 0.00352. The number of nitrogens with zero attached hydrogens (tertiary/aromatic N) is 1. The minimum Gasteiger partial charge on any atom is -0.478 e. The molecule has 1 fully saturated rings. The van der Waals surface area contributed by atoms with Gasteiger partial charge in [0.15, 0.2) is 0 Å². The summed E-state index contributed by atoms with van der Waals surface area (Å²) in [5, 5.41) is 9.11. The number of benzene rings is 1. The Balaban J connectivity index is 1.76. The molecule has 0 aromatic heterocycles. The fourth-order valence-corrected chi connectivity index (χ4v) is 3.45. The van der Waals surface area contributed by atoms with E-state index in [-0.39, 0.29) is 11.7 Å². The van der Waals surface area contributed by atoms with Crippen LogP contribution < -0.4 is 4.90 Å². The molecule has 0 amide bonds. The monoisotopic (exact) mass is 289 g/mol. The standard InChI is InChI=1S/C17H23NO3/c1-17(2)8-7-14(21-17)11-18-9-3-4-12-10-13(16(19)20)5-6-15(12)18/h5-6,10,14H,3-4,7-9,11H2,1-2H3,(H,19,20). The van der Waals surface area contributed by atoms with Gasteiger partial charge >= 0.3 is 5.97 Å². The van der Waals surface area contributed by atoms with Gasteiger partial charge in [-0.2, -0.15) is 0 Å². The largest absolute Gasteiger partial charge is 0.478 e. The number of hydrogen-bond acceptors (Lipinski definition) is 3. The van der Waals surface area contributed by atoms with Crippen molar-refractivity contribution in [1.82, 2.24) is 0 Å². The number of aromatic carboxylic acids is 1. The second kappa shape index (κ2) is 5.34. The van der Waals surface area contributed by atoms with E-state index < -0.39 is 5.97 Å². The second-order valence-corrected chi connectivity index (χ2v) is 6.74. The lowest BCUT2D eigenvalue weighted by molar-refractivity contribution is -0.0116. The van der Waals surface area contributed by atoms with Crippen molar-refractivity contribution in [3.8, 4) is 0 Å². The van der Waals surface area contributed by atoms with Crippen LogP contribution in [0.15, 0.2) is 18.2 Å². The van der Waals surface area contributed by atoms with E-state index in [2.05, 4.69) is 18.7 Å². The lowest BCUT2D eigenvalue weighted by Crippen LogP contribution is -2.37. The van der Waals surface area contributed by atoms with Gasteiger partial charge in [0.25, 0.3) is 0 Å². The summed E-state index contributed by atoms with van der Waals surface area (Å²) in [6.07, 6.45) is 4.53. The number of anilines is 1. The first-order valence-electron chi connectivity index (χ1n) is 7.74. The van der Waals surface area contributed by atoms with Crippen molar-refractivity contribution < 1.29 is 14.6 Å². The Morgan fingerprint density at radius 2 is 2.29 bits per heavy atom. The predicted octanol–water partition coefficient (Wildman–Crippen LogP) is 3.10. The molecule has 0 radical (unpaired) electrons. The highest BCUT2D eigenvalue weighted by atomic mass is 16.5. The lowest BCUT2D eigenvalue weighted by Gasteiger charge is -2.33. The normalized spacial score (nSPS) is 23.9. The van der Waals surface area contributed by atoms with Crippen molar-refractivity contribution in [2.24, 2.45) is 0 Å². The van der Waals surface area contributed by atoms with Crippen LogP contribution in [0, 0.1) is 0 Å². The van der Waals surface area contributed by atoms with Gasteiger partial charge in [-0.1, -0.05) is 0 Å². The van der Waals surface area contributed by atoms with E-state index in [1.807, 2.05) is 12.1 Å². The molecule has 1 aromatic carbocycles. The Morgan fingerprint density at radius 1 is 1.48 bits per heavy atom. The number of rotatable bonds is 3. The van der Waals surface area contributed by atoms with Gasteiger partial charge in [0.05, 0.1) is 17.3 Å². The fraction of sp³-hybridized carbons (Fsp3) is 0.588. The number of carbonyl (C=O) groups is 1. The second-order valence-electron chi connectivity index (χ2n) is 6.74. The summed E-state index contributed by atoms with van der Waals surface area (Å²) >= 11 is 0. The molecule has 0 bridgehead atoms. The van der Waals surface area contributed by atoms with Crippen LogP contribution in [0.1, 0.15) is 49.0 Å². The van der Waals surface area contributed by atoms with Gasteiger partial charge in [0.1, 0.15) is 0 Å². The fourth-order valence-electron chi connectivity index (χ4n) is 3.45. The number of carboxylic acid groups (broad SMARTS) is 1. The first kappa shape index (κ1) is 14.4. The van der Waals surface area contributed by atoms with E-state index >= 15 is 0 Å². The highest BCUT2D eigenvalue weighted by molar-refractivity contribution is 5.88. The zero-order valence-electron chi connectivity index (χ0n) is 12.8. The number of carboxylic acids is 1. The Bertz CT molecular complexity index is 553. The topological polar surface area (TPSA) is 49.8 Å². The molecule has 4 nitrogen and oxygen atoms in total. The highest BCUT2D eigenvalue weighted by Crippen LogP contribution is 2.33. The number of ether oxygens (including phenoxy) is 1. The molecule has 1 unspecified atom stereocenters. The van der Waals surface area contributed by atoms with Gasteiger partial charge in [0, 0.05) is 18.8 Å². The molecule has 1 N–H and O–H groups in total. The van der Waals surface area contributed by atoms with E-state index in [1.54, 1.807) is 6.07 Å². The van der Waals surface area contributed by atoms with Crippen LogP contribution in [-0.2, 0) is 11.2 Å². The molecule has 114 valence electrons. The van der Waals surface area contributed by atoms with Crippen LogP contribution in [-0.4, -0.2) is 35.9 Å². The zero-order chi connectivity index (χ0) is 15.0. The molecule has 1 aromatic rings. The number of fused-ring (bicyclic) bond motifs is 1. The summed E-state index contributed by atoms with van der Waals surface area (Å²) in [7, 11) is 0. The summed E-state index contributed by atoms with van der Waals surface area (Å²) in [5.41, 5.74) is 2.71. The van der Waals surface area contributed by atoms with E-state index in [9.17, 15) is 4.79 Å². The smallest absolute Gasteiger partial charge is 0.335 e. The summed E-state index contributed by atoms with van der Waals surface area (Å²) in [6.45, 7) is 6.23. The summed E-state index contributed by atoms with van der Waals surface area (Å²) in [4.78, 5) is 13.4. The Morgan fingerprint density at radius 3 is 2.95 bits per heavy atom. The SMILES string of the molecule is CC1(C)CCC(CN2CCCc3cc(C(=O)O)ccc32)O1. The van der Waals surface area contributed by atoms with E-state index in [0.29, 0.717) is 5.56 Å². The van der Waals surface area contributed by atoms with Crippen molar-refractivity contribution in [2.45, 2.75) is 51.2 Å². The van der Waals surface area contributed by atoms with Crippen molar-refractivity contribution in [2.75, 3.05) is 18.0 Å². The van der Waals surface area contributed by atoms with Crippen molar-refractivity contribution in [1.29, 1.82) is 0 Å². The summed E-state index contributed by atoms with van der Waals surface area (Å²) in [5.74, 6) is -0.851. The Hall–Kier alpha value is -1.55. The third kappa shape index (κ3) is 3.05. The van der Waals surface area contributed by atoms with Gasteiger partial charge < -0.3 is 14.7 Å². The van der Waals surface area contributed by atoms with Crippen molar-refractivity contribution >= 4 is 11.7 Å². The van der Waals surface area contributed by atoms with Crippen LogP contribution in [0.25, 0.3) is 0 Å². The van der Waals surface area contributed by atoms with Gasteiger partial charge in [-0.15, -0.1) is 0 Å². The molecule has 0 spiro atoms. The van der Waals surface area contributed by atoms with E-state index in [0.717, 1.165) is 44.3 Å². The maximum absolute atomic E-state index is 11.1. The average molecular weight is 289 g/mol. The molecule has 4 heteroatoms. The minimum atomic E-state index is -0.851. The molecular weight excluding hydrogens is 266 g/mol. The van der Waals surface area contributed by atoms with Gasteiger partial charge in [-0.3, -0.25) is 0 Å². The highest BCUT2D eigenvalue weighted by Gasteiger charge is 2.33. The molecule has 1 saturated heterocycles. The van der Waals surface area contributed by atoms with Gasteiger partial charge in [-0.25, -0.2) is 4.79 Å². The molecule has 0 aliphatic carbocycles. The van der Waals surface area contributed by atoms with Gasteiger partial charge in [-0.05, 0) is 63.3 Å². The molecule has 0 saturated carbocycles. The third-order valence-electron chi connectivity index (χ3n) is 4.52. The maximum atomic E-state index is 11.1. The summed E-state index contributed by atoms with van der Waals surface area (Å²) in [6, 6.07) is 5.49. The first-order chi connectivity index (χ1) is 9.94. The van der Waals surface area contributed by atoms with Crippen LogP contribution in [0.2, 0.25) is 0 Å². The van der Waals surface area contributed by atoms with E-state index in [1.165, 1.54) is 5.69 Å². The molecule has 2 aliphatic rings. The first-order valence-corrected chi connectivity index (χ1v) is 7.74. The maximum Gasteiger partial charge on any atom is 0.335 e. The molecule has 2 heterocycles. The zero-order valence-corrected chi connectivity index (χ0v) is 12.8. The predicted molar refractivity (Wildman–Crippen MR) is 82.1 cm³/mol. The molecule has 21 heavy (non-hydrogen) atoms. The van der Waals surface area contributed by atoms with Crippen LogP contribution >= 0.6 is 0 Å². The summed E-state index contributed by atoms with van der Waals surface area (Å²) < 4.78 is 6.09. The number of hydrogen-bond donors (Lipinski definition) is 1. The van der Waals surface area contributed by atoms with E-state index in [4.69, 9.17) is 9.84 Å². The third-order valence-corrected chi connectivity index (χ3v) is 4.52. The van der Waals surface area contributed by atoms with Crippen molar-refractivity contribution in [3.05, 3.63) is 29.3 Å². The average Bonchev–Trinajstić information content (AvgIpc) is 2.77.